The van der Waals surface area contributed by atoms with Gasteiger partial charge >= 0.3 is 0 Å². The van der Waals surface area contributed by atoms with Gasteiger partial charge in [0.1, 0.15) is 0 Å². The molecule has 164 valence electrons. The Labute approximate surface area is 180 Å². The lowest BCUT2D eigenvalue weighted by Crippen LogP contribution is -2.37. The lowest BCUT2D eigenvalue weighted by atomic mass is 10.1. The number of carbonyl (C=O) groups is 1. The van der Waals surface area contributed by atoms with Crippen LogP contribution in [0.1, 0.15) is 15.9 Å². The minimum Gasteiger partial charge on any atom is -0.379 e. The summed E-state index contributed by atoms with van der Waals surface area (Å²) in [5.41, 5.74) is 2.61. The molecule has 0 aromatic heterocycles. The van der Waals surface area contributed by atoms with Crippen molar-refractivity contribution in [1.82, 2.24) is 4.90 Å². The number of nitro groups is 1. The monoisotopic (exact) mass is 426 g/mol. The van der Waals surface area contributed by atoms with Crippen molar-refractivity contribution in [1.29, 1.82) is 0 Å². The molecular formula is C22H26N4O5. The SMILES string of the molecule is O=C(Nc1cccc(CN2CCOCC2)c1)c1cc([N+](=O)[O-])ccc1N1CCOCC1. The molecular weight excluding hydrogens is 400 g/mol. The molecule has 2 fully saturated rings. The van der Waals surface area contributed by atoms with Gasteiger partial charge in [-0.1, -0.05) is 12.1 Å². The van der Waals surface area contributed by atoms with Crippen molar-refractivity contribution in [3.8, 4) is 0 Å². The second-order valence-corrected chi connectivity index (χ2v) is 7.60. The van der Waals surface area contributed by atoms with Gasteiger partial charge < -0.3 is 19.7 Å². The van der Waals surface area contributed by atoms with Crippen molar-refractivity contribution < 1.29 is 19.2 Å². The van der Waals surface area contributed by atoms with E-state index in [1.165, 1.54) is 12.1 Å². The van der Waals surface area contributed by atoms with Gasteiger partial charge in [0.05, 0.1) is 42.6 Å². The van der Waals surface area contributed by atoms with Crippen molar-refractivity contribution in [3.05, 3.63) is 63.7 Å². The molecule has 2 aliphatic heterocycles. The third kappa shape index (κ3) is 5.38. The Morgan fingerprint density at radius 1 is 1.00 bits per heavy atom. The highest BCUT2D eigenvalue weighted by atomic mass is 16.6. The van der Waals surface area contributed by atoms with Crippen molar-refractivity contribution in [3.63, 3.8) is 0 Å². The zero-order chi connectivity index (χ0) is 21.6. The molecule has 2 aromatic rings. The van der Waals surface area contributed by atoms with Crippen molar-refractivity contribution in [2.45, 2.75) is 6.54 Å². The summed E-state index contributed by atoms with van der Waals surface area (Å²) in [6, 6.07) is 12.1. The third-order valence-corrected chi connectivity index (χ3v) is 5.48. The van der Waals surface area contributed by atoms with Gasteiger partial charge in [0.2, 0.25) is 0 Å². The highest BCUT2D eigenvalue weighted by molar-refractivity contribution is 6.08. The summed E-state index contributed by atoms with van der Waals surface area (Å²) in [7, 11) is 0. The van der Waals surface area contributed by atoms with Crippen LogP contribution < -0.4 is 10.2 Å². The standard InChI is InChI=1S/C22H26N4O5/c27-22(23-18-3-1-2-17(14-18)16-24-6-10-30-11-7-24)20-15-19(26(28)29)4-5-21(20)25-8-12-31-13-9-25/h1-5,14-15H,6-13,16H2,(H,23,27). The maximum absolute atomic E-state index is 13.1. The molecule has 4 rings (SSSR count). The molecule has 0 bridgehead atoms. The summed E-state index contributed by atoms with van der Waals surface area (Å²) in [5, 5.41) is 14.2. The number of non-ortho nitro benzene ring substituents is 1. The van der Waals surface area contributed by atoms with Crippen LogP contribution in [-0.2, 0) is 16.0 Å². The largest absolute Gasteiger partial charge is 0.379 e. The topological polar surface area (TPSA) is 97.2 Å². The highest BCUT2D eigenvalue weighted by Gasteiger charge is 2.22. The number of nitrogens with one attached hydrogen (secondary N) is 1. The molecule has 0 radical (unpaired) electrons. The van der Waals surface area contributed by atoms with E-state index in [0.29, 0.717) is 37.7 Å². The Morgan fingerprint density at radius 2 is 1.71 bits per heavy atom. The summed E-state index contributed by atoms with van der Waals surface area (Å²) >= 11 is 0. The quantitative estimate of drug-likeness (QED) is 0.560. The van der Waals surface area contributed by atoms with Crippen LogP contribution in [0.25, 0.3) is 0 Å². The molecule has 2 aromatic carbocycles. The predicted molar refractivity (Wildman–Crippen MR) is 117 cm³/mol. The van der Waals surface area contributed by atoms with Crippen LogP contribution in [-0.4, -0.2) is 68.3 Å². The molecule has 9 nitrogen and oxygen atoms in total. The van der Waals surface area contributed by atoms with Gasteiger partial charge in [0.25, 0.3) is 11.6 Å². The number of ether oxygens (including phenoxy) is 2. The fourth-order valence-electron chi connectivity index (χ4n) is 3.86. The number of nitrogens with zero attached hydrogens (tertiary/aromatic N) is 3. The maximum atomic E-state index is 13.1. The first kappa shape index (κ1) is 21.2. The third-order valence-electron chi connectivity index (χ3n) is 5.48. The van der Waals surface area contributed by atoms with E-state index in [2.05, 4.69) is 10.2 Å². The summed E-state index contributed by atoms with van der Waals surface area (Å²) in [6.45, 7) is 6.38. The van der Waals surface area contributed by atoms with Gasteiger partial charge in [0.15, 0.2) is 0 Å². The number of morpholine rings is 2. The van der Waals surface area contributed by atoms with E-state index in [-0.39, 0.29) is 17.2 Å². The van der Waals surface area contributed by atoms with E-state index in [1.54, 1.807) is 6.07 Å². The number of benzene rings is 2. The molecule has 1 N–H and O–H groups in total. The molecule has 1 amide bonds. The minimum atomic E-state index is -0.483. The molecule has 0 spiro atoms. The maximum Gasteiger partial charge on any atom is 0.270 e. The number of nitro benzene ring substituents is 1. The Kier molecular flexibility index (Phi) is 6.76. The summed E-state index contributed by atoms with van der Waals surface area (Å²) < 4.78 is 10.8. The number of amides is 1. The molecule has 0 saturated carbocycles. The summed E-state index contributed by atoms with van der Waals surface area (Å²) in [5.74, 6) is -0.367. The number of hydrogen-bond acceptors (Lipinski definition) is 7. The van der Waals surface area contributed by atoms with Crippen molar-refractivity contribution in [2.24, 2.45) is 0 Å². The number of hydrogen-bond donors (Lipinski definition) is 1. The zero-order valence-electron chi connectivity index (χ0n) is 17.3. The van der Waals surface area contributed by atoms with Gasteiger partial charge in [-0.25, -0.2) is 0 Å². The van der Waals surface area contributed by atoms with Crippen LogP contribution in [0.5, 0.6) is 0 Å². The Hall–Kier alpha value is -3.01. The molecule has 0 unspecified atom stereocenters. The first-order chi connectivity index (χ1) is 15.1. The van der Waals surface area contributed by atoms with E-state index in [9.17, 15) is 14.9 Å². The molecule has 31 heavy (non-hydrogen) atoms. The van der Waals surface area contributed by atoms with Crippen molar-refractivity contribution >= 4 is 23.0 Å². The predicted octanol–water partition coefficient (Wildman–Crippen LogP) is 2.52. The Bertz CT molecular complexity index is 939. The molecule has 0 atom stereocenters. The smallest absolute Gasteiger partial charge is 0.270 e. The van der Waals surface area contributed by atoms with Gasteiger partial charge in [-0.05, 0) is 23.8 Å². The van der Waals surface area contributed by atoms with Crippen molar-refractivity contribution in [2.75, 3.05) is 62.8 Å². The highest BCUT2D eigenvalue weighted by Crippen LogP contribution is 2.27. The first-order valence-electron chi connectivity index (χ1n) is 10.4. The van der Waals surface area contributed by atoms with Gasteiger partial charge in [0, 0.05) is 50.5 Å². The van der Waals surface area contributed by atoms with Gasteiger partial charge in [-0.3, -0.25) is 19.8 Å². The van der Waals surface area contributed by atoms with E-state index in [1.807, 2.05) is 29.2 Å². The van der Waals surface area contributed by atoms with E-state index in [4.69, 9.17) is 9.47 Å². The molecule has 2 heterocycles. The van der Waals surface area contributed by atoms with Crippen LogP contribution in [0.2, 0.25) is 0 Å². The molecule has 9 heteroatoms. The van der Waals surface area contributed by atoms with E-state index >= 15 is 0 Å². The lowest BCUT2D eigenvalue weighted by molar-refractivity contribution is -0.384. The lowest BCUT2D eigenvalue weighted by Gasteiger charge is -2.30. The minimum absolute atomic E-state index is 0.108. The second kappa shape index (κ2) is 9.86. The van der Waals surface area contributed by atoms with Gasteiger partial charge in [-0.2, -0.15) is 0 Å². The molecule has 2 saturated heterocycles. The molecule has 0 aliphatic carbocycles. The summed E-state index contributed by atoms with van der Waals surface area (Å²) in [6.07, 6.45) is 0. The Morgan fingerprint density at radius 3 is 2.42 bits per heavy atom. The summed E-state index contributed by atoms with van der Waals surface area (Å²) in [4.78, 5) is 28.3. The van der Waals surface area contributed by atoms with Crippen LogP contribution in [0.3, 0.4) is 0 Å². The fourth-order valence-corrected chi connectivity index (χ4v) is 3.86. The van der Waals surface area contributed by atoms with Crippen LogP contribution >= 0.6 is 0 Å². The normalized spacial score (nSPS) is 17.4. The first-order valence-corrected chi connectivity index (χ1v) is 10.4. The number of rotatable bonds is 6. The second-order valence-electron chi connectivity index (χ2n) is 7.60. The Balaban J connectivity index is 1.54. The van der Waals surface area contributed by atoms with Crippen LogP contribution in [0.15, 0.2) is 42.5 Å². The van der Waals surface area contributed by atoms with Crippen LogP contribution in [0, 0.1) is 10.1 Å². The van der Waals surface area contributed by atoms with E-state index < -0.39 is 4.92 Å². The van der Waals surface area contributed by atoms with E-state index in [0.717, 1.165) is 38.4 Å². The van der Waals surface area contributed by atoms with Gasteiger partial charge in [-0.15, -0.1) is 0 Å². The number of carbonyl (C=O) groups excluding carboxylic acids is 1. The average Bonchev–Trinajstić information content (AvgIpc) is 2.80. The number of anilines is 2. The zero-order valence-corrected chi connectivity index (χ0v) is 17.3. The average molecular weight is 426 g/mol. The van der Waals surface area contributed by atoms with Crippen LogP contribution in [0.4, 0.5) is 17.1 Å². The fraction of sp³-hybridized carbons (Fsp3) is 0.409. The molecule has 2 aliphatic rings.